The molecule has 0 aliphatic heterocycles. The van der Waals surface area contributed by atoms with Crippen LogP contribution in [-0.2, 0) is 5.75 Å². The average Bonchev–Trinajstić information content (AvgIpc) is 3.39. The Hall–Kier alpha value is -3.04. The lowest BCUT2D eigenvalue weighted by molar-refractivity contribution is 0.102. The predicted molar refractivity (Wildman–Crippen MR) is 106 cm³/mol. The van der Waals surface area contributed by atoms with Crippen LogP contribution in [0.25, 0.3) is 11.3 Å². The summed E-state index contributed by atoms with van der Waals surface area (Å²) in [4.78, 5) is 25.0. The number of carbonyl (C=O) groups excluding carboxylic acids is 1. The molecule has 4 rings (SSSR count). The first-order valence-corrected chi connectivity index (χ1v) is 9.89. The van der Waals surface area contributed by atoms with Crippen molar-refractivity contribution in [2.45, 2.75) is 10.9 Å². The molecule has 0 bridgehead atoms. The zero-order chi connectivity index (χ0) is 18.5. The lowest BCUT2D eigenvalue weighted by Gasteiger charge is -2.04. The number of aromatic nitrogens is 5. The van der Waals surface area contributed by atoms with Crippen molar-refractivity contribution in [3.63, 3.8) is 0 Å². The zero-order valence-corrected chi connectivity index (χ0v) is 15.6. The first-order valence-electron chi connectivity index (χ1n) is 8.02. The van der Waals surface area contributed by atoms with Crippen molar-refractivity contribution in [3.8, 4) is 11.3 Å². The molecule has 0 unspecified atom stereocenters. The molecule has 0 fully saturated rings. The summed E-state index contributed by atoms with van der Waals surface area (Å²) in [6, 6.07) is 11.3. The molecule has 0 spiro atoms. The van der Waals surface area contributed by atoms with Gasteiger partial charge in [0.2, 0.25) is 0 Å². The van der Waals surface area contributed by atoms with E-state index in [4.69, 9.17) is 0 Å². The quantitative estimate of drug-likeness (QED) is 0.482. The van der Waals surface area contributed by atoms with Gasteiger partial charge in [0.15, 0.2) is 10.3 Å². The molecule has 0 saturated heterocycles. The third kappa shape index (κ3) is 4.39. The summed E-state index contributed by atoms with van der Waals surface area (Å²) in [5, 5.41) is 12.7. The maximum absolute atomic E-state index is 12.4. The molecule has 1 amide bonds. The maximum atomic E-state index is 12.4. The van der Waals surface area contributed by atoms with Crippen LogP contribution in [0.1, 0.15) is 15.9 Å². The molecular weight excluding hydrogens is 380 g/mol. The Morgan fingerprint density at radius 1 is 1.22 bits per heavy atom. The number of carbonyl (C=O) groups is 1. The number of anilines is 1. The normalized spacial score (nSPS) is 10.7. The molecule has 1 aromatic carbocycles. The molecule has 0 radical (unpaired) electrons. The highest BCUT2D eigenvalue weighted by molar-refractivity contribution is 7.98. The number of hydrogen-bond acceptors (Lipinski definition) is 7. The van der Waals surface area contributed by atoms with Crippen molar-refractivity contribution in [1.82, 2.24) is 25.1 Å². The van der Waals surface area contributed by atoms with Crippen LogP contribution < -0.4 is 5.32 Å². The van der Waals surface area contributed by atoms with Crippen LogP contribution in [0.4, 0.5) is 5.13 Å². The van der Waals surface area contributed by atoms with E-state index in [1.165, 1.54) is 17.7 Å². The van der Waals surface area contributed by atoms with Gasteiger partial charge in [-0.1, -0.05) is 23.9 Å². The summed E-state index contributed by atoms with van der Waals surface area (Å²) in [6.07, 6.45) is 4.94. The molecule has 2 N–H and O–H groups in total. The average molecular weight is 394 g/mol. The molecule has 0 aliphatic carbocycles. The molecule has 0 saturated carbocycles. The third-order valence-electron chi connectivity index (χ3n) is 3.67. The van der Waals surface area contributed by atoms with E-state index in [0.717, 1.165) is 27.7 Å². The Labute approximate surface area is 163 Å². The minimum absolute atomic E-state index is 0.184. The second kappa shape index (κ2) is 8.11. The van der Waals surface area contributed by atoms with Crippen LogP contribution in [-0.4, -0.2) is 31.1 Å². The summed E-state index contributed by atoms with van der Waals surface area (Å²) in [5.41, 5.74) is 3.40. The van der Waals surface area contributed by atoms with Crippen LogP contribution >= 0.6 is 23.1 Å². The molecule has 3 heterocycles. The fourth-order valence-corrected chi connectivity index (χ4v) is 3.76. The van der Waals surface area contributed by atoms with E-state index >= 15 is 0 Å². The maximum Gasteiger partial charge on any atom is 0.257 e. The van der Waals surface area contributed by atoms with Gasteiger partial charge in [0.05, 0.1) is 5.69 Å². The van der Waals surface area contributed by atoms with Crippen molar-refractivity contribution < 1.29 is 4.79 Å². The van der Waals surface area contributed by atoms with Crippen molar-refractivity contribution >= 4 is 34.1 Å². The van der Waals surface area contributed by atoms with Crippen LogP contribution in [0.2, 0.25) is 0 Å². The van der Waals surface area contributed by atoms with Crippen molar-refractivity contribution in [2.24, 2.45) is 0 Å². The monoisotopic (exact) mass is 394 g/mol. The number of nitrogens with one attached hydrogen (secondary N) is 2. The van der Waals surface area contributed by atoms with Crippen LogP contribution in [0.3, 0.4) is 0 Å². The number of rotatable bonds is 6. The van der Waals surface area contributed by atoms with Gasteiger partial charge in [-0.3, -0.25) is 20.2 Å². The number of thiazole rings is 1. The number of amides is 1. The van der Waals surface area contributed by atoms with E-state index in [-0.39, 0.29) is 5.91 Å². The molecule has 3 aromatic heterocycles. The van der Waals surface area contributed by atoms with Gasteiger partial charge < -0.3 is 0 Å². The van der Waals surface area contributed by atoms with Crippen LogP contribution in [0.15, 0.2) is 65.7 Å². The Morgan fingerprint density at radius 3 is 2.85 bits per heavy atom. The third-order valence-corrected chi connectivity index (χ3v) is 5.37. The molecule has 0 atom stereocenters. The summed E-state index contributed by atoms with van der Waals surface area (Å²) >= 11 is 2.94. The second-order valence-corrected chi connectivity index (χ2v) is 7.33. The number of H-pyrrole nitrogens is 1. The molecule has 7 nitrogen and oxygen atoms in total. The highest BCUT2D eigenvalue weighted by Crippen LogP contribution is 2.24. The van der Waals surface area contributed by atoms with Crippen molar-refractivity contribution in [1.29, 1.82) is 0 Å². The SMILES string of the molecule is O=C(Nc1nc(-c2cccnc2)cs1)c1ccc(CSc2ncn[nH]2)cc1. The minimum Gasteiger partial charge on any atom is -0.298 e. The lowest BCUT2D eigenvalue weighted by atomic mass is 10.1. The van der Waals surface area contributed by atoms with E-state index in [9.17, 15) is 4.79 Å². The number of nitrogens with zero attached hydrogens (tertiary/aromatic N) is 4. The van der Waals surface area contributed by atoms with E-state index in [1.54, 1.807) is 36.3 Å². The van der Waals surface area contributed by atoms with Gasteiger partial charge in [0.25, 0.3) is 5.91 Å². The summed E-state index contributed by atoms with van der Waals surface area (Å²) < 4.78 is 0. The molecule has 27 heavy (non-hydrogen) atoms. The van der Waals surface area contributed by atoms with Crippen LogP contribution in [0, 0.1) is 0 Å². The van der Waals surface area contributed by atoms with Gasteiger partial charge in [-0.15, -0.1) is 11.3 Å². The van der Waals surface area contributed by atoms with Gasteiger partial charge in [0.1, 0.15) is 6.33 Å². The Morgan fingerprint density at radius 2 is 2.11 bits per heavy atom. The van der Waals surface area contributed by atoms with Crippen LogP contribution in [0.5, 0.6) is 0 Å². The van der Waals surface area contributed by atoms with Crippen molar-refractivity contribution in [3.05, 3.63) is 71.6 Å². The number of benzene rings is 1. The summed E-state index contributed by atoms with van der Waals surface area (Å²) in [6.45, 7) is 0. The lowest BCUT2D eigenvalue weighted by Crippen LogP contribution is -2.11. The second-order valence-electron chi connectivity index (χ2n) is 5.51. The number of thioether (sulfide) groups is 1. The molecule has 0 aliphatic rings. The van der Waals surface area contributed by atoms with Gasteiger partial charge >= 0.3 is 0 Å². The summed E-state index contributed by atoms with van der Waals surface area (Å²) in [7, 11) is 0. The van der Waals surface area contributed by atoms with Crippen molar-refractivity contribution in [2.75, 3.05) is 5.32 Å². The first-order chi connectivity index (χ1) is 13.3. The Kier molecular flexibility index (Phi) is 5.22. The molecule has 9 heteroatoms. The zero-order valence-electron chi connectivity index (χ0n) is 14.0. The smallest absolute Gasteiger partial charge is 0.257 e. The highest BCUT2D eigenvalue weighted by atomic mass is 32.2. The first kappa shape index (κ1) is 17.4. The fraction of sp³-hybridized carbons (Fsp3) is 0.0556. The topological polar surface area (TPSA) is 96.5 Å². The Bertz CT molecular complexity index is 1020. The molecular formula is C18H14N6OS2. The largest absolute Gasteiger partial charge is 0.298 e. The minimum atomic E-state index is -0.184. The van der Waals surface area contributed by atoms with Gasteiger partial charge in [-0.25, -0.2) is 9.97 Å². The van der Waals surface area contributed by atoms with E-state index in [0.29, 0.717) is 10.7 Å². The number of pyridine rings is 1. The Balaban J connectivity index is 1.37. The number of hydrogen-bond donors (Lipinski definition) is 2. The van der Waals surface area contributed by atoms with E-state index < -0.39 is 0 Å². The molecule has 134 valence electrons. The number of aromatic amines is 1. The van der Waals surface area contributed by atoms with Gasteiger partial charge in [-0.05, 0) is 29.8 Å². The highest BCUT2D eigenvalue weighted by Gasteiger charge is 2.10. The van der Waals surface area contributed by atoms with E-state index in [1.807, 2.05) is 29.6 Å². The predicted octanol–water partition coefficient (Wildman–Crippen LogP) is 3.87. The van der Waals surface area contributed by atoms with Gasteiger partial charge in [0, 0.05) is 34.7 Å². The summed E-state index contributed by atoms with van der Waals surface area (Å²) in [5.74, 6) is 0.564. The molecule has 4 aromatic rings. The van der Waals surface area contributed by atoms with E-state index in [2.05, 4.69) is 30.5 Å². The van der Waals surface area contributed by atoms with Gasteiger partial charge in [-0.2, -0.15) is 5.10 Å². The fourth-order valence-electron chi connectivity index (χ4n) is 2.32. The standard InChI is InChI=1S/C18H14N6OS2/c25-16(23-18-22-15(10-27-18)14-2-1-7-19-8-14)13-5-3-12(4-6-13)9-26-17-20-11-21-24-17/h1-8,10-11H,9H2,(H,20,21,24)(H,22,23,25).